The summed E-state index contributed by atoms with van der Waals surface area (Å²) in [5.41, 5.74) is 7.46. The molecule has 1 radical (unpaired) electrons. The van der Waals surface area contributed by atoms with Gasteiger partial charge < -0.3 is 16.4 Å². The summed E-state index contributed by atoms with van der Waals surface area (Å²) in [6.07, 6.45) is 0. The zero-order chi connectivity index (χ0) is 15.1. The average molecular weight is 274 g/mol. The third-order valence-corrected chi connectivity index (χ3v) is 2.97. The van der Waals surface area contributed by atoms with Gasteiger partial charge in [0.2, 0.25) is 11.8 Å². The van der Waals surface area contributed by atoms with E-state index in [-0.39, 0.29) is 24.3 Å². The highest BCUT2D eigenvalue weighted by atomic mass is 16.2. The predicted molar refractivity (Wildman–Crippen MR) is 82.1 cm³/mol. The molecular formula is C14H21BN3O2. The molecule has 1 unspecified atom stereocenters. The molecule has 1 aromatic carbocycles. The van der Waals surface area contributed by atoms with E-state index >= 15 is 0 Å². The number of rotatable bonds is 6. The number of carbonyl (C=O) groups excluding carboxylic acids is 2. The summed E-state index contributed by atoms with van der Waals surface area (Å²) in [6, 6.07) is 6.84. The fraction of sp³-hybridized carbons (Fsp3) is 0.429. The zero-order valence-corrected chi connectivity index (χ0v) is 12.1. The smallest absolute Gasteiger partial charge is 0.243 e. The molecule has 5 nitrogen and oxygen atoms in total. The van der Waals surface area contributed by atoms with E-state index in [4.69, 9.17) is 5.73 Å². The number of amides is 2. The largest absolute Gasteiger partial charge is 0.346 e. The quantitative estimate of drug-likeness (QED) is 0.643. The Kier molecular flexibility index (Phi) is 6.25. The minimum atomic E-state index is -0.595. The van der Waals surface area contributed by atoms with Gasteiger partial charge in [-0.25, -0.2) is 0 Å². The first-order valence-corrected chi connectivity index (χ1v) is 6.66. The van der Waals surface area contributed by atoms with E-state index in [1.165, 1.54) is 0 Å². The number of nitrogens with one attached hydrogen (secondary N) is 2. The predicted octanol–water partition coefficient (Wildman–Crippen LogP) is 0.102. The second-order valence-corrected chi connectivity index (χ2v) is 4.95. The van der Waals surface area contributed by atoms with E-state index in [9.17, 15) is 9.59 Å². The Morgan fingerprint density at radius 1 is 1.25 bits per heavy atom. The Morgan fingerprint density at radius 3 is 2.35 bits per heavy atom. The fourth-order valence-corrected chi connectivity index (χ4v) is 1.55. The Morgan fingerprint density at radius 2 is 1.85 bits per heavy atom. The Bertz CT molecular complexity index is 460. The first-order chi connectivity index (χ1) is 9.43. The summed E-state index contributed by atoms with van der Waals surface area (Å²) in [5, 5.41) is 5.23. The molecule has 107 valence electrons. The lowest BCUT2D eigenvalue weighted by atomic mass is 9.73. The van der Waals surface area contributed by atoms with Gasteiger partial charge >= 0.3 is 0 Å². The molecule has 0 spiro atoms. The normalized spacial score (nSPS) is 11.8. The molecule has 1 aromatic rings. The van der Waals surface area contributed by atoms with E-state index in [2.05, 4.69) is 10.6 Å². The van der Waals surface area contributed by atoms with Crippen LogP contribution >= 0.6 is 0 Å². The molecule has 0 aliphatic rings. The zero-order valence-electron chi connectivity index (χ0n) is 12.1. The molecule has 2 amide bonds. The topological polar surface area (TPSA) is 84.2 Å². The van der Waals surface area contributed by atoms with Gasteiger partial charge in [0.25, 0.3) is 0 Å². The van der Waals surface area contributed by atoms with Gasteiger partial charge in [0.05, 0.1) is 12.6 Å². The molecule has 0 saturated carbocycles. The molecule has 0 bridgehead atoms. The summed E-state index contributed by atoms with van der Waals surface area (Å²) < 4.78 is 0. The highest BCUT2D eigenvalue weighted by Crippen LogP contribution is 2.03. The number of carbonyl (C=O) groups is 2. The average Bonchev–Trinajstić information content (AvgIpc) is 2.44. The molecular weight excluding hydrogens is 253 g/mol. The van der Waals surface area contributed by atoms with Crippen molar-refractivity contribution in [2.45, 2.75) is 26.7 Å². The van der Waals surface area contributed by atoms with E-state index in [1.54, 1.807) is 0 Å². The maximum atomic E-state index is 11.7. The third kappa shape index (κ3) is 5.05. The van der Waals surface area contributed by atoms with E-state index in [1.807, 2.05) is 52.2 Å². The number of benzene rings is 1. The van der Waals surface area contributed by atoms with E-state index < -0.39 is 6.04 Å². The second kappa shape index (κ2) is 7.70. The van der Waals surface area contributed by atoms with Gasteiger partial charge in [-0.2, -0.15) is 0 Å². The highest BCUT2D eigenvalue weighted by Gasteiger charge is 2.17. The van der Waals surface area contributed by atoms with Crippen molar-refractivity contribution < 1.29 is 9.59 Å². The van der Waals surface area contributed by atoms with Crippen molar-refractivity contribution in [1.82, 2.24) is 5.32 Å². The van der Waals surface area contributed by atoms with Crippen molar-refractivity contribution in [1.29, 1.82) is 0 Å². The molecule has 4 N–H and O–H groups in total. The van der Waals surface area contributed by atoms with Gasteiger partial charge in [-0.3, -0.25) is 9.59 Å². The minimum absolute atomic E-state index is 0.0379. The van der Waals surface area contributed by atoms with Gasteiger partial charge in [-0.05, 0) is 18.1 Å². The number of hydrogen-bond acceptors (Lipinski definition) is 3. The third-order valence-electron chi connectivity index (χ3n) is 2.97. The van der Waals surface area contributed by atoms with Gasteiger partial charge in [-0.1, -0.05) is 38.3 Å². The molecule has 0 heterocycles. The van der Waals surface area contributed by atoms with Crippen LogP contribution in [-0.4, -0.2) is 31.7 Å². The molecule has 6 heteroatoms. The van der Waals surface area contributed by atoms with E-state index in [0.717, 1.165) is 5.46 Å². The standard InChI is InChI=1S/C14H21BN3O2/c1-9(2)13(16)14(20)17-8-12(19)18-11-6-4-10(15-3)5-7-11/h4-7,9,13H,8,16H2,1-3H3,(H,17,20)(H,18,19). The number of hydrogen-bond donors (Lipinski definition) is 3. The maximum Gasteiger partial charge on any atom is 0.243 e. The molecule has 20 heavy (non-hydrogen) atoms. The fourth-order valence-electron chi connectivity index (χ4n) is 1.55. The minimum Gasteiger partial charge on any atom is -0.346 e. The maximum absolute atomic E-state index is 11.7. The van der Waals surface area contributed by atoms with Gasteiger partial charge in [0, 0.05) is 5.69 Å². The lowest BCUT2D eigenvalue weighted by Gasteiger charge is -2.15. The molecule has 0 aromatic heterocycles. The first kappa shape index (κ1) is 16.2. The van der Waals surface area contributed by atoms with Crippen molar-refractivity contribution in [3.63, 3.8) is 0 Å². The number of anilines is 1. The molecule has 0 aliphatic carbocycles. The Hall–Kier alpha value is -1.82. The lowest BCUT2D eigenvalue weighted by Crippen LogP contribution is -2.46. The van der Waals surface area contributed by atoms with Crippen molar-refractivity contribution in [2.75, 3.05) is 11.9 Å². The van der Waals surface area contributed by atoms with Crippen LogP contribution in [0.25, 0.3) is 0 Å². The molecule has 0 saturated heterocycles. The van der Waals surface area contributed by atoms with Crippen LogP contribution in [0.15, 0.2) is 24.3 Å². The van der Waals surface area contributed by atoms with Crippen LogP contribution in [0.1, 0.15) is 13.8 Å². The SMILES string of the molecule is C[B]c1ccc(NC(=O)CNC(=O)C(N)C(C)C)cc1. The van der Waals surface area contributed by atoms with Crippen molar-refractivity contribution >= 4 is 30.2 Å². The monoisotopic (exact) mass is 274 g/mol. The van der Waals surface area contributed by atoms with Crippen LogP contribution in [0.4, 0.5) is 5.69 Å². The van der Waals surface area contributed by atoms with Crippen LogP contribution in [0, 0.1) is 5.92 Å². The van der Waals surface area contributed by atoms with Crippen LogP contribution in [0.3, 0.4) is 0 Å². The van der Waals surface area contributed by atoms with Crippen LogP contribution in [-0.2, 0) is 9.59 Å². The molecule has 1 atom stereocenters. The Labute approximate surface area is 120 Å². The van der Waals surface area contributed by atoms with Gasteiger partial charge in [-0.15, -0.1) is 0 Å². The first-order valence-electron chi connectivity index (χ1n) is 6.66. The van der Waals surface area contributed by atoms with Gasteiger partial charge in [0.1, 0.15) is 7.28 Å². The molecule has 0 fully saturated rings. The van der Waals surface area contributed by atoms with Crippen LogP contribution < -0.4 is 21.8 Å². The Balaban J connectivity index is 2.41. The highest BCUT2D eigenvalue weighted by molar-refractivity contribution is 6.51. The number of nitrogens with two attached hydrogens (primary N) is 1. The van der Waals surface area contributed by atoms with Gasteiger partial charge in [0.15, 0.2) is 0 Å². The van der Waals surface area contributed by atoms with Crippen molar-refractivity contribution in [2.24, 2.45) is 11.7 Å². The van der Waals surface area contributed by atoms with Crippen LogP contribution in [0.2, 0.25) is 6.82 Å². The summed E-state index contributed by atoms with van der Waals surface area (Å²) in [5.74, 6) is -0.551. The molecule has 1 rings (SSSR count). The summed E-state index contributed by atoms with van der Waals surface area (Å²) in [7, 11) is 1.97. The summed E-state index contributed by atoms with van der Waals surface area (Å²) >= 11 is 0. The second-order valence-electron chi connectivity index (χ2n) is 4.95. The lowest BCUT2D eigenvalue weighted by molar-refractivity contribution is -0.125. The van der Waals surface area contributed by atoms with Crippen molar-refractivity contribution in [3.8, 4) is 0 Å². The summed E-state index contributed by atoms with van der Waals surface area (Å²) in [6.45, 7) is 5.58. The van der Waals surface area contributed by atoms with Crippen molar-refractivity contribution in [3.05, 3.63) is 24.3 Å². The summed E-state index contributed by atoms with van der Waals surface area (Å²) in [4.78, 5) is 23.3. The van der Waals surface area contributed by atoms with E-state index in [0.29, 0.717) is 5.69 Å². The van der Waals surface area contributed by atoms with Crippen LogP contribution in [0.5, 0.6) is 0 Å². The molecule has 0 aliphatic heterocycles.